The van der Waals surface area contributed by atoms with Gasteiger partial charge in [-0.2, -0.15) is 0 Å². The molecule has 0 bridgehead atoms. The van der Waals surface area contributed by atoms with Crippen LogP contribution in [0.4, 0.5) is 0 Å². The average Bonchev–Trinajstić information content (AvgIpc) is 1.99. The highest BCUT2D eigenvalue weighted by Gasteiger charge is 2.16. The van der Waals surface area contributed by atoms with E-state index >= 15 is 0 Å². The summed E-state index contributed by atoms with van der Waals surface area (Å²) in [7, 11) is 0. The van der Waals surface area contributed by atoms with Gasteiger partial charge in [0, 0.05) is 6.54 Å². The average molecular weight is 187 g/mol. The Kier molecular flexibility index (Phi) is 4.99. The van der Waals surface area contributed by atoms with Gasteiger partial charge >= 0.3 is 5.97 Å². The summed E-state index contributed by atoms with van der Waals surface area (Å²) in [6.07, 6.45) is 0. The van der Waals surface area contributed by atoms with Crippen LogP contribution in [0.2, 0.25) is 0 Å². The normalized spacial score (nSPS) is 13.9. The van der Waals surface area contributed by atoms with Gasteiger partial charge < -0.3 is 10.1 Å². The molecule has 3 heteroatoms. The molecule has 0 radical (unpaired) electrons. The number of hydrogen-bond donors (Lipinski definition) is 1. The van der Waals surface area contributed by atoms with Crippen molar-refractivity contribution in [2.45, 2.75) is 40.7 Å². The molecule has 1 atom stereocenters. The van der Waals surface area contributed by atoms with Gasteiger partial charge in [-0.1, -0.05) is 20.8 Å². The Balaban J connectivity index is 3.74. The molecule has 0 amide bonds. The van der Waals surface area contributed by atoms with Crippen molar-refractivity contribution in [1.29, 1.82) is 0 Å². The smallest absolute Gasteiger partial charge is 0.322 e. The minimum atomic E-state index is -0.209. The van der Waals surface area contributed by atoms with Crippen molar-refractivity contribution in [3.63, 3.8) is 0 Å². The number of carbonyl (C=O) groups excluding carboxylic acids is 1. The highest BCUT2D eigenvalue weighted by atomic mass is 16.5. The fourth-order valence-corrected chi connectivity index (χ4v) is 0.810. The van der Waals surface area contributed by atoms with Crippen molar-refractivity contribution in [3.8, 4) is 0 Å². The third kappa shape index (κ3) is 6.58. The Morgan fingerprint density at radius 3 is 2.38 bits per heavy atom. The van der Waals surface area contributed by atoms with Crippen LogP contribution >= 0.6 is 0 Å². The van der Waals surface area contributed by atoms with Crippen LogP contribution in [0.25, 0.3) is 0 Å². The van der Waals surface area contributed by atoms with Gasteiger partial charge in [0.15, 0.2) is 0 Å². The summed E-state index contributed by atoms with van der Waals surface area (Å²) in [6, 6.07) is -0.209. The summed E-state index contributed by atoms with van der Waals surface area (Å²) in [5, 5.41) is 3.13. The van der Waals surface area contributed by atoms with E-state index in [4.69, 9.17) is 4.74 Å². The number of ether oxygens (including phenoxy) is 1. The van der Waals surface area contributed by atoms with Gasteiger partial charge in [-0.3, -0.25) is 4.79 Å². The molecule has 0 aliphatic rings. The molecule has 0 aliphatic heterocycles. The van der Waals surface area contributed by atoms with E-state index in [1.165, 1.54) is 0 Å². The van der Waals surface area contributed by atoms with Gasteiger partial charge in [-0.05, 0) is 19.3 Å². The molecule has 0 spiro atoms. The van der Waals surface area contributed by atoms with Crippen molar-refractivity contribution in [2.24, 2.45) is 5.41 Å². The maximum absolute atomic E-state index is 11.2. The lowest BCUT2D eigenvalue weighted by atomic mass is 9.97. The highest BCUT2D eigenvalue weighted by molar-refractivity contribution is 5.75. The number of esters is 1. The van der Waals surface area contributed by atoms with Gasteiger partial charge in [0.05, 0.1) is 6.61 Å². The van der Waals surface area contributed by atoms with Gasteiger partial charge in [-0.15, -0.1) is 0 Å². The van der Waals surface area contributed by atoms with Crippen molar-refractivity contribution in [1.82, 2.24) is 5.32 Å². The largest absolute Gasteiger partial charge is 0.465 e. The van der Waals surface area contributed by atoms with Gasteiger partial charge in [-0.25, -0.2) is 0 Å². The lowest BCUT2D eigenvalue weighted by molar-refractivity contribution is -0.145. The zero-order valence-corrected chi connectivity index (χ0v) is 9.31. The first-order chi connectivity index (χ1) is 5.87. The van der Waals surface area contributed by atoms with E-state index in [0.717, 1.165) is 6.54 Å². The van der Waals surface area contributed by atoms with Gasteiger partial charge in [0.1, 0.15) is 6.04 Å². The van der Waals surface area contributed by atoms with Crippen LogP contribution < -0.4 is 5.32 Å². The molecule has 0 aliphatic carbocycles. The molecule has 0 unspecified atom stereocenters. The van der Waals surface area contributed by atoms with Crippen molar-refractivity contribution in [2.75, 3.05) is 13.2 Å². The fourth-order valence-electron chi connectivity index (χ4n) is 0.810. The second-order valence-corrected chi connectivity index (χ2v) is 4.42. The Bertz CT molecular complexity index is 161. The second-order valence-electron chi connectivity index (χ2n) is 4.42. The van der Waals surface area contributed by atoms with Crippen LogP contribution in [0.15, 0.2) is 0 Å². The summed E-state index contributed by atoms with van der Waals surface area (Å²) in [4.78, 5) is 11.2. The predicted molar refractivity (Wildman–Crippen MR) is 53.6 cm³/mol. The van der Waals surface area contributed by atoms with Crippen LogP contribution in [-0.2, 0) is 9.53 Å². The lowest BCUT2D eigenvalue weighted by Crippen LogP contribution is -2.39. The molecule has 0 saturated heterocycles. The van der Waals surface area contributed by atoms with E-state index in [2.05, 4.69) is 26.1 Å². The van der Waals surface area contributed by atoms with E-state index in [1.807, 2.05) is 13.8 Å². The minimum absolute atomic E-state index is 0.174. The molecule has 0 saturated carbocycles. The van der Waals surface area contributed by atoms with E-state index in [-0.39, 0.29) is 17.4 Å². The number of carbonyl (C=O) groups is 1. The van der Waals surface area contributed by atoms with Gasteiger partial charge in [0.25, 0.3) is 0 Å². The van der Waals surface area contributed by atoms with E-state index in [9.17, 15) is 4.79 Å². The summed E-state index contributed by atoms with van der Waals surface area (Å²) >= 11 is 0. The molecule has 78 valence electrons. The van der Waals surface area contributed by atoms with E-state index in [0.29, 0.717) is 6.61 Å². The number of nitrogens with one attached hydrogen (secondary N) is 1. The topological polar surface area (TPSA) is 38.3 Å². The highest BCUT2D eigenvalue weighted by Crippen LogP contribution is 2.10. The van der Waals surface area contributed by atoms with Crippen LogP contribution in [0.5, 0.6) is 0 Å². The molecule has 1 N–H and O–H groups in total. The first-order valence-electron chi connectivity index (χ1n) is 4.77. The monoisotopic (exact) mass is 187 g/mol. The lowest BCUT2D eigenvalue weighted by Gasteiger charge is -2.21. The quantitative estimate of drug-likeness (QED) is 0.679. The maximum atomic E-state index is 11.2. The Morgan fingerprint density at radius 1 is 1.46 bits per heavy atom. The number of rotatable bonds is 4. The Hall–Kier alpha value is -0.570. The Morgan fingerprint density at radius 2 is 2.00 bits per heavy atom. The molecule has 0 rings (SSSR count). The molecule has 3 nitrogen and oxygen atoms in total. The standard InChI is InChI=1S/C10H21NO2/c1-6-13-9(12)8(2)11-7-10(3,4)5/h8,11H,6-7H2,1-5H3/t8-/m0/s1. The summed E-state index contributed by atoms with van der Waals surface area (Å²) in [6.45, 7) is 11.3. The predicted octanol–water partition coefficient (Wildman–Crippen LogP) is 1.57. The van der Waals surface area contributed by atoms with Crippen LogP contribution in [0.1, 0.15) is 34.6 Å². The van der Waals surface area contributed by atoms with Crippen molar-refractivity contribution >= 4 is 5.97 Å². The molecule has 0 aromatic heterocycles. The SMILES string of the molecule is CCOC(=O)[C@H](C)NCC(C)(C)C. The molecule has 0 aromatic rings. The van der Waals surface area contributed by atoms with Crippen molar-refractivity contribution in [3.05, 3.63) is 0 Å². The molecule has 13 heavy (non-hydrogen) atoms. The van der Waals surface area contributed by atoms with E-state index < -0.39 is 0 Å². The molecular weight excluding hydrogens is 166 g/mol. The summed E-state index contributed by atoms with van der Waals surface area (Å²) in [5.74, 6) is -0.174. The van der Waals surface area contributed by atoms with Gasteiger partial charge in [0.2, 0.25) is 0 Å². The molecule has 0 aromatic carbocycles. The molecule has 0 heterocycles. The third-order valence-electron chi connectivity index (χ3n) is 1.58. The second kappa shape index (κ2) is 5.22. The third-order valence-corrected chi connectivity index (χ3v) is 1.58. The first kappa shape index (κ1) is 12.4. The van der Waals surface area contributed by atoms with Crippen LogP contribution in [-0.4, -0.2) is 25.2 Å². The van der Waals surface area contributed by atoms with E-state index in [1.54, 1.807) is 0 Å². The zero-order valence-electron chi connectivity index (χ0n) is 9.31. The van der Waals surface area contributed by atoms with Crippen molar-refractivity contribution < 1.29 is 9.53 Å². The zero-order chi connectivity index (χ0) is 10.5. The molecular formula is C10H21NO2. The van der Waals surface area contributed by atoms with Crippen LogP contribution in [0, 0.1) is 5.41 Å². The first-order valence-corrected chi connectivity index (χ1v) is 4.77. The molecule has 0 fully saturated rings. The summed E-state index contributed by atoms with van der Waals surface area (Å²) < 4.78 is 4.87. The summed E-state index contributed by atoms with van der Waals surface area (Å²) in [5.41, 5.74) is 0.195. The Labute approximate surface area is 80.8 Å². The maximum Gasteiger partial charge on any atom is 0.322 e. The number of hydrogen-bond acceptors (Lipinski definition) is 3. The minimum Gasteiger partial charge on any atom is -0.465 e. The fraction of sp³-hybridized carbons (Fsp3) is 0.900. The van der Waals surface area contributed by atoms with Crippen LogP contribution in [0.3, 0.4) is 0 Å².